The van der Waals surface area contributed by atoms with Gasteiger partial charge < -0.3 is 9.47 Å². The molecule has 27 heavy (non-hydrogen) atoms. The van der Waals surface area contributed by atoms with E-state index < -0.39 is 5.97 Å². The number of aryl methyl sites for hydroxylation is 1. The van der Waals surface area contributed by atoms with Crippen molar-refractivity contribution >= 4 is 11.8 Å². The number of carbonyl (C=O) groups excluding carboxylic acids is 2. The molecule has 0 N–H and O–H groups in total. The maximum atomic E-state index is 12.4. The summed E-state index contributed by atoms with van der Waals surface area (Å²) in [5.74, 6) is 0.212. The summed E-state index contributed by atoms with van der Waals surface area (Å²) in [5, 5.41) is 0. The fraction of sp³-hybridized carbons (Fsp3) is 0.130. The Labute approximate surface area is 158 Å². The number of rotatable bonds is 7. The maximum absolute atomic E-state index is 12.4. The zero-order chi connectivity index (χ0) is 19.1. The first-order valence-electron chi connectivity index (χ1n) is 8.70. The zero-order valence-electron chi connectivity index (χ0n) is 15.1. The lowest BCUT2D eigenvalue weighted by Gasteiger charge is -2.08. The van der Waals surface area contributed by atoms with Gasteiger partial charge in [-0.1, -0.05) is 60.2 Å². The number of carbonyl (C=O) groups is 2. The minimum absolute atomic E-state index is 0.0815. The van der Waals surface area contributed by atoms with E-state index in [0.717, 1.165) is 11.3 Å². The molecule has 0 amide bonds. The van der Waals surface area contributed by atoms with Crippen LogP contribution in [0.4, 0.5) is 0 Å². The highest BCUT2D eigenvalue weighted by atomic mass is 16.6. The molecule has 3 rings (SSSR count). The lowest BCUT2D eigenvalue weighted by molar-refractivity contribution is 0.0450. The van der Waals surface area contributed by atoms with E-state index in [4.69, 9.17) is 9.47 Å². The van der Waals surface area contributed by atoms with Gasteiger partial charge >= 0.3 is 5.97 Å². The zero-order valence-corrected chi connectivity index (χ0v) is 15.1. The van der Waals surface area contributed by atoms with E-state index in [1.807, 2.05) is 49.4 Å². The van der Waals surface area contributed by atoms with Gasteiger partial charge in [0.1, 0.15) is 19.0 Å². The van der Waals surface area contributed by atoms with Crippen LogP contribution in [0.15, 0.2) is 78.9 Å². The molecular weight excluding hydrogens is 340 g/mol. The highest BCUT2D eigenvalue weighted by Crippen LogP contribution is 2.13. The third-order valence-corrected chi connectivity index (χ3v) is 4.02. The average Bonchev–Trinajstić information content (AvgIpc) is 2.72. The van der Waals surface area contributed by atoms with Gasteiger partial charge in [-0.15, -0.1) is 0 Å². The van der Waals surface area contributed by atoms with E-state index in [1.165, 1.54) is 0 Å². The second kappa shape index (κ2) is 8.81. The Morgan fingerprint density at radius 2 is 1.30 bits per heavy atom. The third kappa shape index (κ3) is 5.05. The number of hydrogen-bond donors (Lipinski definition) is 0. The number of hydrogen-bond acceptors (Lipinski definition) is 4. The van der Waals surface area contributed by atoms with Crippen LogP contribution < -0.4 is 4.74 Å². The van der Waals surface area contributed by atoms with Crippen molar-refractivity contribution in [3.05, 3.63) is 101 Å². The Kier molecular flexibility index (Phi) is 6.00. The van der Waals surface area contributed by atoms with Gasteiger partial charge in [0.2, 0.25) is 0 Å². The molecule has 0 aliphatic rings. The normalized spacial score (nSPS) is 10.3. The summed E-state index contributed by atoms with van der Waals surface area (Å²) >= 11 is 0. The van der Waals surface area contributed by atoms with E-state index in [1.54, 1.807) is 36.4 Å². The van der Waals surface area contributed by atoms with Crippen molar-refractivity contribution in [1.82, 2.24) is 0 Å². The van der Waals surface area contributed by atoms with Crippen LogP contribution in [-0.4, -0.2) is 25.0 Å². The van der Waals surface area contributed by atoms with Crippen LogP contribution >= 0.6 is 0 Å². The molecule has 0 atom stereocenters. The van der Waals surface area contributed by atoms with Crippen molar-refractivity contribution in [2.45, 2.75) is 6.92 Å². The molecule has 136 valence electrons. The van der Waals surface area contributed by atoms with Crippen molar-refractivity contribution < 1.29 is 19.1 Å². The molecule has 0 unspecified atom stereocenters. The van der Waals surface area contributed by atoms with Gasteiger partial charge in [-0.25, -0.2) is 4.79 Å². The van der Waals surface area contributed by atoms with E-state index in [2.05, 4.69) is 0 Å². The molecule has 0 heterocycles. The predicted octanol–water partition coefficient (Wildman–Crippen LogP) is 4.46. The highest BCUT2D eigenvalue weighted by Gasteiger charge is 2.11. The smallest absolute Gasteiger partial charge is 0.338 e. The molecule has 3 aromatic carbocycles. The van der Waals surface area contributed by atoms with Crippen LogP contribution in [0.25, 0.3) is 0 Å². The Bertz CT molecular complexity index is 897. The first kappa shape index (κ1) is 18.4. The summed E-state index contributed by atoms with van der Waals surface area (Å²) < 4.78 is 10.7. The molecule has 0 aromatic heterocycles. The van der Waals surface area contributed by atoms with Crippen LogP contribution in [0.2, 0.25) is 0 Å². The summed E-state index contributed by atoms with van der Waals surface area (Å²) in [5.41, 5.74) is 2.69. The second-order valence-corrected chi connectivity index (χ2v) is 6.07. The monoisotopic (exact) mass is 360 g/mol. The largest absolute Gasteiger partial charge is 0.490 e. The van der Waals surface area contributed by atoms with Crippen LogP contribution in [-0.2, 0) is 4.74 Å². The number of benzene rings is 3. The van der Waals surface area contributed by atoms with Crippen LogP contribution in [0.5, 0.6) is 5.75 Å². The van der Waals surface area contributed by atoms with Crippen LogP contribution in [0.3, 0.4) is 0 Å². The van der Waals surface area contributed by atoms with Crippen LogP contribution in [0.1, 0.15) is 31.8 Å². The van der Waals surface area contributed by atoms with E-state index in [0.29, 0.717) is 16.7 Å². The molecule has 0 aliphatic heterocycles. The Morgan fingerprint density at radius 3 is 1.96 bits per heavy atom. The molecule has 0 radical (unpaired) electrons. The van der Waals surface area contributed by atoms with E-state index >= 15 is 0 Å². The Hall–Kier alpha value is -3.40. The molecule has 0 saturated carbocycles. The van der Waals surface area contributed by atoms with E-state index in [-0.39, 0.29) is 19.0 Å². The van der Waals surface area contributed by atoms with Crippen molar-refractivity contribution in [2.24, 2.45) is 0 Å². The van der Waals surface area contributed by atoms with Crippen molar-refractivity contribution in [3.8, 4) is 5.75 Å². The lowest BCUT2D eigenvalue weighted by Crippen LogP contribution is -2.12. The van der Waals surface area contributed by atoms with Gasteiger partial charge in [0, 0.05) is 11.1 Å². The minimum Gasteiger partial charge on any atom is -0.490 e. The van der Waals surface area contributed by atoms with Gasteiger partial charge in [-0.3, -0.25) is 4.79 Å². The molecule has 0 spiro atoms. The number of ether oxygens (including phenoxy) is 2. The summed E-state index contributed by atoms with van der Waals surface area (Å²) in [6.07, 6.45) is 0. The van der Waals surface area contributed by atoms with Crippen LogP contribution in [0, 0.1) is 6.92 Å². The summed E-state index contributed by atoms with van der Waals surface area (Å²) in [4.78, 5) is 24.5. The molecule has 3 aromatic rings. The summed E-state index contributed by atoms with van der Waals surface area (Å²) in [6.45, 7) is 2.43. The van der Waals surface area contributed by atoms with Gasteiger partial charge in [0.25, 0.3) is 0 Å². The van der Waals surface area contributed by atoms with Crippen molar-refractivity contribution in [1.29, 1.82) is 0 Å². The first-order chi connectivity index (χ1) is 13.1. The first-order valence-corrected chi connectivity index (χ1v) is 8.70. The topological polar surface area (TPSA) is 52.6 Å². The van der Waals surface area contributed by atoms with Crippen molar-refractivity contribution in [3.63, 3.8) is 0 Å². The molecule has 0 fully saturated rings. The highest BCUT2D eigenvalue weighted by molar-refractivity contribution is 6.09. The standard InChI is InChI=1S/C23H20O4/c1-17-7-13-21(14-8-17)26-15-16-27-23(25)20-11-9-19(10-12-20)22(24)18-5-3-2-4-6-18/h2-14H,15-16H2,1H3. The molecule has 4 heteroatoms. The van der Waals surface area contributed by atoms with Gasteiger partial charge in [0.05, 0.1) is 5.56 Å². The Balaban J connectivity index is 1.50. The lowest BCUT2D eigenvalue weighted by atomic mass is 10.0. The fourth-order valence-corrected chi connectivity index (χ4v) is 2.53. The molecule has 0 saturated heterocycles. The average molecular weight is 360 g/mol. The molecule has 4 nitrogen and oxygen atoms in total. The fourth-order valence-electron chi connectivity index (χ4n) is 2.53. The van der Waals surface area contributed by atoms with E-state index in [9.17, 15) is 9.59 Å². The van der Waals surface area contributed by atoms with Gasteiger partial charge in [-0.2, -0.15) is 0 Å². The second-order valence-electron chi connectivity index (χ2n) is 6.07. The number of esters is 1. The quantitative estimate of drug-likeness (QED) is 0.355. The predicted molar refractivity (Wildman–Crippen MR) is 103 cm³/mol. The molecule has 0 aliphatic carbocycles. The molecule has 0 bridgehead atoms. The third-order valence-electron chi connectivity index (χ3n) is 4.02. The maximum Gasteiger partial charge on any atom is 0.338 e. The van der Waals surface area contributed by atoms with Gasteiger partial charge in [-0.05, 0) is 31.2 Å². The Morgan fingerprint density at radius 1 is 0.704 bits per heavy atom. The summed E-state index contributed by atoms with van der Waals surface area (Å²) in [7, 11) is 0. The SMILES string of the molecule is Cc1ccc(OCCOC(=O)c2ccc(C(=O)c3ccccc3)cc2)cc1. The molecular formula is C23H20O4. The van der Waals surface area contributed by atoms with Crippen molar-refractivity contribution in [2.75, 3.05) is 13.2 Å². The minimum atomic E-state index is -0.443. The summed E-state index contributed by atoms with van der Waals surface area (Å²) in [6, 6.07) is 23.1. The number of ketones is 1. The van der Waals surface area contributed by atoms with Gasteiger partial charge in [0.15, 0.2) is 5.78 Å².